The third kappa shape index (κ3) is 55.2. The largest absolute Gasteiger partial charge is 3.00 e. The molecule has 5 fully saturated rings. The van der Waals surface area contributed by atoms with E-state index in [0.717, 1.165) is 103 Å². The molecule has 0 aliphatic heterocycles. The number of hydrogen-bond donors (Lipinski definition) is 0. The zero-order valence-electron chi connectivity index (χ0n) is 101. The Hall–Kier alpha value is -1.87. The second-order valence-corrected chi connectivity index (χ2v) is 69.1. The molecule has 792 valence electrons. The molecule has 8 unspecified atom stereocenters. The summed E-state index contributed by atoms with van der Waals surface area (Å²) in [5.74, 6) is 7.02. The number of hydrogen-bond acceptors (Lipinski definition) is 5. The van der Waals surface area contributed by atoms with E-state index >= 15 is 0 Å². The van der Waals surface area contributed by atoms with Gasteiger partial charge in [0.15, 0.2) is 0 Å². The molecule has 0 amide bonds. The molecule has 0 N–H and O–H groups in total. The first-order valence-electron chi connectivity index (χ1n) is 50.9. The molecule has 5 aliphatic carbocycles. The van der Waals surface area contributed by atoms with Gasteiger partial charge in [0.1, 0.15) is 0 Å². The second-order valence-electron chi connectivity index (χ2n) is 48.2. The van der Waals surface area contributed by atoms with Crippen molar-refractivity contribution in [2.24, 2.45) is 47.3 Å². The van der Waals surface area contributed by atoms with Gasteiger partial charge in [-0.05, 0) is 118 Å². The summed E-state index contributed by atoms with van der Waals surface area (Å²) in [5.41, 5.74) is 16.3. The molecule has 12 rings (SSSR count). The molecule has 20 heteroatoms. The third-order valence-electron chi connectivity index (χ3n) is 27.9. The molecule has 7 aromatic carbocycles. The summed E-state index contributed by atoms with van der Waals surface area (Å²) in [6.45, 7) is 92.3. The van der Waals surface area contributed by atoms with Crippen LogP contribution in [0.15, 0.2) is 182 Å². The Kier molecular flexibility index (Phi) is 77.9. The molecule has 5 saturated carbocycles. The van der Waals surface area contributed by atoms with Gasteiger partial charge in [-0.2, -0.15) is 92.8 Å². The summed E-state index contributed by atoms with van der Waals surface area (Å²) in [5, 5.41) is 2.96. The fourth-order valence-electron chi connectivity index (χ4n) is 22.5. The Balaban J connectivity index is -0.000000237. The Morgan fingerprint density at radius 3 is 0.643 bits per heavy atom. The summed E-state index contributed by atoms with van der Waals surface area (Å²) >= 11 is 0. The first kappa shape index (κ1) is 156. The molecule has 143 heavy (non-hydrogen) atoms. The van der Waals surface area contributed by atoms with Crippen LogP contribution in [0, 0.1) is 119 Å². The fourth-order valence-corrected chi connectivity index (χ4v) is 45.5. The maximum Gasteiger partial charge on any atom is 3.00 e. The minimum atomic E-state index is -2.13. The van der Waals surface area contributed by atoms with E-state index in [1.54, 1.807) is 0 Å². The maximum atomic E-state index is 5.60. The zero-order valence-corrected chi connectivity index (χ0v) is 115. The van der Waals surface area contributed by atoms with Crippen molar-refractivity contribution in [3.63, 3.8) is 0 Å². The van der Waals surface area contributed by atoms with Crippen molar-refractivity contribution in [3.8, 4) is 0 Å². The third-order valence-corrected chi connectivity index (χ3v) is 48.6. The molecule has 7 aromatic rings. The Morgan fingerprint density at radius 1 is 0.238 bits per heavy atom. The number of nitrogens with zero attached hydrogens (tertiary/aromatic N) is 10. The summed E-state index contributed by atoms with van der Waals surface area (Å²) < 4.78 is 0. The Morgan fingerprint density at radius 2 is 0.434 bits per heavy atom. The first-order valence-corrected chi connectivity index (χ1v) is 65.0. The van der Waals surface area contributed by atoms with Crippen LogP contribution in [0.25, 0.3) is 24.9 Å². The van der Waals surface area contributed by atoms with Gasteiger partial charge >= 0.3 is 129 Å². The van der Waals surface area contributed by atoms with Gasteiger partial charge in [0.25, 0.3) is 0 Å². The Bertz CT molecular complexity index is 4030. The van der Waals surface area contributed by atoms with Crippen LogP contribution in [0.4, 0.5) is 28.4 Å². The van der Waals surface area contributed by atoms with E-state index < -0.39 is 41.2 Å². The summed E-state index contributed by atoms with van der Waals surface area (Å²) in [6, 6.07) is 62.7. The second kappa shape index (κ2) is 71.2. The van der Waals surface area contributed by atoms with E-state index in [-0.39, 0.29) is 194 Å². The van der Waals surface area contributed by atoms with Crippen LogP contribution < -0.4 is 34.9 Å². The van der Waals surface area contributed by atoms with Gasteiger partial charge in [-0.15, -0.1) is 58.0 Å². The standard InChI is InChI=1S/C21H28NSi.C15H32NSi.2C13H28NSi.C11H24NSi.5C9H12N.5CH3.5Sc/c1-21(2,3)22-23(20-16-10-11-17-20,18-12-6-4-7-13-18)19-14-8-5-9-15-19;1-10-11(2)13(4)14(12(10)3)17(8,9)16-15(5,6)7;1-10-8-12(9-11(10)2)15(6,7)14-13(3,4)5;1-10-8-9-11(2)12(10)15(6,7)14-13(3,4)5;1-11(2,3)12-13(4,5)10-8-6-7-9-10;5*1-8-6-4-5-7-9(8)10(2)3;;;;;;;;;;/h4-9,12-15,20H,10-11,16-17H2,1-3H3;10-14H,1-9H3;2*10-12H,8-9H2,1-7H3;10H,6-9H2,1-5H3;5*4-7H,1H2,2-3H3;5*1H3;;;;;/q15*-1;5*+3. The van der Waals surface area contributed by atoms with Crippen molar-refractivity contribution in [1.29, 1.82) is 0 Å². The smallest absolute Gasteiger partial charge is 0.660 e. The van der Waals surface area contributed by atoms with Crippen molar-refractivity contribution < 1.29 is 129 Å². The number of rotatable bonds is 17. The summed E-state index contributed by atoms with van der Waals surface area (Å²) in [7, 11) is 12.5. The van der Waals surface area contributed by atoms with Crippen molar-refractivity contribution in [2.75, 3.05) is 95.0 Å². The van der Waals surface area contributed by atoms with Gasteiger partial charge in [0, 0.05) is 8.24 Å². The monoisotopic (exact) mass is 2200 g/mol. The molecular formula is C123H215N10Sc5Si5. The summed E-state index contributed by atoms with van der Waals surface area (Å²) in [4.78, 5) is 36.5. The fraction of sp³-hybridized carbons (Fsp3) is 0.577. The predicted octanol–water partition coefficient (Wildman–Crippen LogP) is 36.0. The minimum Gasteiger partial charge on any atom is -0.660 e. The van der Waals surface area contributed by atoms with Gasteiger partial charge < -0.3 is 86.5 Å². The van der Waals surface area contributed by atoms with Crippen molar-refractivity contribution in [3.05, 3.63) is 306 Å². The van der Waals surface area contributed by atoms with Crippen LogP contribution in [0.1, 0.15) is 264 Å². The van der Waals surface area contributed by atoms with Crippen LogP contribution in [0.3, 0.4) is 0 Å². The molecule has 0 aromatic heterocycles. The molecule has 5 aliphatic rings. The van der Waals surface area contributed by atoms with Gasteiger partial charge in [0.2, 0.25) is 0 Å². The minimum absolute atomic E-state index is 0. The molecule has 0 spiro atoms. The number of benzene rings is 7. The van der Waals surface area contributed by atoms with E-state index in [1.165, 1.54) is 116 Å². The first-order chi connectivity index (χ1) is 61.1. The van der Waals surface area contributed by atoms with Gasteiger partial charge in [-0.1, -0.05) is 509 Å². The van der Waals surface area contributed by atoms with Gasteiger partial charge in [-0.25, -0.2) is 0 Å². The van der Waals surface area contributed by atoms with E-state index in [2.05, 4.69) is 362 Å². The molecule has 10 nitrogen and oxygen atoms in total. The molecular weight excluding hydrogens is 1980 g/mol. The average molecular weight is 2200 g/mol. The van der Waals surface area contributed by atoms with Crippen molar-refractivity contribution in [1.82, 2.24) is 0 Å². The maximum absolute atomic E-state index is 5.60. The SMILES string of the molecule is CC(C)(C)[N-][Si](C)(C)C1CCCC1.CC(C)(C)[N-][Si](c1ccccc1)(c1ccccc1)C1CCCC1.CC1C(C)C(C)C([Si](C)(C)[N-]C(C)(C)C)C1C.CC1CC([Si](C)(C)[N-]C(C)(C)C)CC1C.CC1CCC(C)C1[Si](C)(C)[N-]C(C)(C)C.[CH2-]c1ccccc1N(C)C.[CH2-]c1ccccc1N(C)C.[CH2-]c1ccccc1N(C)C.[CH2-]c1ccccc1N(C)C.[CH2-]c1ccccc1N(C)C.[CH3-].[CH3-].[CH3-].[CH3-].[CH3-].[Sc+3].[Sc+3].[Sc+3].[Sc+3].[Sc+3]. The van der Waals surface area contributed by atoms with E-state index in [9.17, 15) is 0 Å². The predicted molar refractivity (Wildman–Crippen MR) is 649 cm³/mol. The van der Waals surface area contributed by atoms with Crippen LogP contribution >= 0.6 is 0 Å². The van der Waals surface area contributed by atoms with Gasteiger partial charge in [-0.3, -0.25) is 0 Å². The van der Waals surface area contributed by atoms with E-state index in [1.807, 2.05) is 161 Å². The normalized spacial score (nSPS) is 19.6. The van der Waals surface area contributed by atoms with Crippen LogP contribution in [-0.4, -0.2) is 139 Å². The van der Waals surface area contributed by atoms with Crippen LogP contribution in [0.2, 0.25) is 80.1 Å². The topological polar surface area (TPSA) is 86.7 Å². The summed E-state index contributed by atoms with van der Waals surface area (Å²) in [6.07, 6.45) is 16.8. The van der Waals surface area contributed by atoms with Crippen LogP contribution in [-0.2, 0) is 129 Å². The van der Waals surface area contributed by atoms with Gasteiger partial charge in [0.05, 0.1) is 0 Å². The zero-order chi connectivity index (χ0) is 102. The van der Waals surface area contributed by atoms with E-state index in [4.69, 9.17) is 24.9 Å². The van der Waals surface area contributed by atoms with E-state index in [0.29, 0.717) is 0 Å². The van der Waals surface area contributed by atoms with Crippen molar-refractivity contribution >= 4 is 80.0 Å². The molecule has 8 atom stereocenters. The Labute approximate surface area is 991 Å². The molecule has 0 saturated heterocycles. The van der Waals surface area contributed by atoms with Crippen molar-refractivity contribution in [2.45, 2.75) is 344 Å². The quantitative estimate of drug-likeness (QED) is 0.0670. The number of anilines is 5. The molecule has 0 heterocycles. The number of para-hydroxylation sites is 5. The molecule has 0 bridgehead atoms. The average Bonchev–Trinajstić information content (AvgIpc) is 1.73. The molecule has 0 radical (unpaired) electrons. The van der Waals surface area contributed by atoms with Crippen LogP contribution in [0.5, 0.6) is 0 Å².